The van der Waals surface area contributed by atoms with Gasteiger partial charge in [0.1, 0.15) is 0 Å². The first kappa shape index (κ1) is 6.81. The molecule has 3 saturated carbocycles. The van der Waals surface area contributed by atoms with Crippen LogP contribution in [-0.2, 0) is 9.59 Å². The van der Waals surface area contributed by atoms with Crippen molar-refractivity contribution in [3.8, 4) is 0 Å². The summed E-state index contributed by atoms with van der Waals surface area (Å²) in [5.41, 5.74) is 0. The molecule has 0 aromatic rings. The van der Waals surface area contributed by atoms with Gasteiger partial charge in [0.25, 0.3) is 0 Å². The molecular weight excluding hydrogens is 152 g/mol. The summed E-state index contributed by atoms with van der Waals surface area (Å²) in [4.78, 5) is 22.7. The second-order valence-corrected chi connectivity index (χ2v) is 4.44. The van der Waals surface area contributed by atoms with Crippen molar-refractivity contribution in [2.45, 2.75) is 25.7 Å². The predicted octanol–water partition coefficient (Wildman–Crippen LogP) is 1.19. The van der Waals surface area contributed by atoms with Crippen molar-refractivity contribution in [1.29, 1.82) is 0 Å². The molecule has 3 rings (SSSR count). The Morgan fingerprint density at radius 3 is 1.92 bits per heavy atom. The van der Waals surface area contributed by atoms with Gasteiger partial charge in [-0.15, -0.1) is 0 Å². The lowest BCUT2D eigenvalue weighted by molar-refractivity contribution is -0.141. The lowest BCUT2D eigenvalue weighted by atomic mass is 9.80. The minimum atomic E-state index is -0.0388. The van der Waals surface area contributed by atoms with Crippen molar-refractivity contribution < 1.29 is 9.59 Å². The molecule has 3 fully saturated rings. The van der Waals surface area contributed by atoms with Crippen LogP contribution in [0.25, 0.3) is 0 Å². The molecule has 0 aromatic heterocycles. The zero-order valence-electron chi connectivity index (χ0n) is 6.95. The predicted molar refractivity (Wildman–Crippen MR) is 42.4 cm³/mol. The van der Waals surface area contributed by atoms with E-state index in [2.05, 4.69) is 0 Å². The molecule has 12 heavy (non-hydrogen) atoms. The van der Waals surface area contributed by atoms with Crippen LogP contribution in [0.15, 0.2) is 0 Å². The first-order valence-corrected chi connectivity index (χ1v) is 4.87. The van der Waals surface area contributed by atoms with Crippen LogP contribution in [0.5, 0.6) is 0 Å². The SMILES string of the molecule is O=C1C(=O)[C@@H]2C[C@H]1[C@H]1CCC[C@H]12. The fourth-order valence-electron chi connectivity index (χ4n) is 3.61. The molecule has 2 nitrogen and oxygen atoms in total. The Balaban J connectivity index is 2.02. The van der Waals surface area contributed by atoms with Crippen molar-refractivity contribution in [1.82, 2.24) is 0 Å². The monoisotopic (exact) mass is 164 g/mol. The van der Waals surface area contributed by atoms with Gasteiger partial charge >= 0.3 is 0 Å². The van der Waals surface area contributed by atoms with E-state index in [1.54, 1.807) is 0 Å². The van der Waals surface area contributed by atoms with E-state index < -0.39 is 0 Å². The summed E-state index contributed by atoms with van der Waals surface area (Å²) in [6.45, 7) is 0. The molecule has 0 aromatic carbocycles. The first-order chi connectivity index (χ1) is 5.79. The van der Waals surface area contributed by atoms with Crippen molar-refractivity contribution in [3.63, 3.8) is 0 Å². The van der Waals surface area contributed by atoms with Crippen LogP contribution in [0.4, 0.5) is 0 Å². The van der Waals surface area contributed by atoms with E-state index in [4.69, 9.17) is 0 Å². The van der Waals surface area contributed by atoms with Gasteiger partial charge in [-0.2, -0.15) is 0 Å². The second kappa shape index (κ2) is 1.98. The van der Waals surface area contributed by atoms with Crippen molar-refractivity contribution in [2.24, 2.45) is 23.7 Å². The number of hydrogen-bond acceptors (Lipinski definition) is 2. The van der Waals surface area contributed by atoms with Crippen LogP contribution in [0.1, 0.15) is 25.7 Å². The zero-order chi connectivity index (χ0) is 8.29. The minimum absolute atomic E-state index is 0.0387. The van der Waals surface area contributed by atoms with Gasteiger partial charge in [0.05, 0.1) is 0 Å². The molecular formula is C10H12O2. The minimum Gasteiger partial charge on any atom is -0.291 e. The van der Waals surface area contributed by atoms with E-state index in [0.717, 1.165) is 6.42 Å². The molecule has 2 bridgehead atoms. The lowest BCUT2D eigenvalue weighted by Gasteiger charge is -2.21. The Kier molecular flexibility index (Phi) is 1.12. The van der Waals surface area contributed by atoms with Gasteiger partial charge < -0.3 is 0 Å². The van der Waals surface area contributed by atoms with E-state index in [1.165, 1.54) is 19.3 Å². The Labute approximate surface area is 71.3 Å². The molecule has 4 atom stereocenters. The van der Waals surface area contributed by atoms with Gasteiger partial charge in [-0.25, -0.2) is 0 Å². The summed E-state index contributed by atoms with van der Waals surface area (Å²) >= 11 is 0. The highest BCUT2D eigenvalue weighted by Crippen LogP contribution is 2.55. The van der Waals surface area contributed by atoms with Crippen LogP contribution >= 0.6 is 0 Å². The third-order valence-electron chi connectivity index (χ3n) is 4.08. The standard InChI is InChI=1S/C10H12O2/c11-9-7-4-8(10(9)12)6-3-1-2-5(6)7/h5-8H,1-4H2/t5-,6+,7-,8+. The molecule has 0 radical (unpaired) electrons. The number of carbonyl (C=O) groups is 2. The highest BCUT2D eigenvalue weighted by molar-refractivity contribution is 6.41. The maximum atomic E-state index is 11.4. The van der Waals surface area contributed by atoms with E-state index >= 15 is 0 Å². The molecule has 0 N–H and O–H groups in total. The Morgan fingerprint density at radius 2 is 1.42 bits per heavy atom. The maximum absolute atomic E-state index is 11.4. The number of hydrogen-bond donors (Lipinski definition) is 0. The molecule has 0 unspecified atom stereocenters. The fraction of sp³-hybridized carbons (Fsp3) is 0.800. The summed E-state index contributed by atoms with van der Waals surface area (Å²) in [6, 6.07) is 0. The zero-order valence-corrected chi connectivity index (χ0v) is 6.95. The Bertz CT molecular complexity index is 243. The van der Waals surface area contributed by atoms with Crippen molar-refractivity contribution >= 4 is 11.6 Å². The first-order valence-electron chi connectivity index (χ1n) is 4.87. The average Bonchev–Trinajstić information content (AvgIpc) is 2.63. The molecule has 3 aliphatic rings. The normalized spacial score (nSPS) is 50.3. The lowest BCUT2D eigenvalue weighted by Crippen LogP contribution is -2.32. The largest absolute Gasteiger partial charge is 0.291 e. The van der Waals surface area contributed by atoms with Crippen molar-refractivity contribution in [2.75, 3.05) is 0 Å². The number of Topliss-reactive ketones (excluding diaryl/α,β-unsaturated/α-hetero) is 2. The Hall–Kier alpha value is -0.660. The third kappa shape index (κ3) is 0.584. The molecule has 3 aliphatic carbocycles. The number of rotatable bonds is 0. The van der Waals surface area contributed by atoms with E-state index in [-0.39, 0.29) is 23.4 Å². The number of carbonyl (C=O) groups excluding carboxylic acids is 2. The van der Waals surface area contributed by atoms with Gasteiger partial charge in [0.2, 0.25) is 11.6 Å². The topological polar surface area (TPSA) is 34.1 Å². The van der Waals surface area contributed by atoms with Crippen LogP contribution in [0.2, 0.25) is 0 Å². The fourth-order valence-corrected chi connectivity index (χ4v) is 3.61. The van der Waals surface area contributed by atoms with Gasteiger partial charge in [-0.1, -0.05) is 6.42 Å². The van der Waals surface area contributed by atoms with E-state index in [9.17, 15) is 9.59 Å². The van der Waals surface area contributed by atoms with Crippen LogP contribution in [0, 0.1) is 23.7 Å². The maximum Gasteiger partial charge on any atom is 0.202 e. The molecule has 64 valence electrons. The third-order valence-corrected chi connectivity index (χ3v) is 4.08. The quantitative estimate of drug-likeness (QED) is 0.504. The average molecular weight is 164 g/mol. The highest BCUT2D eigenvalue weighted by Gasteiger charge is 2.58. The molecule has 0 amide bonds. The summed E-state index contributed by atoms with van der Waals surface area (Å²) in [6.07, 6.45) is 4.53. The Morgan fingerprint density at radius 1 is 0.917 bits per heavy atom. The molecule has 0 heterocycles. The summed E-state index contributed by atoms with van der Waals surface area (Å²) in [5.74, 6) is 1.41. The second-order valence-electron chi connectivity index (χ2n) is 4.44. The van der Waals surface area contributed by atoms with Crippen molar-refractivity contribution in [3.05, 3.63) is 0 Å². The van der Waals surface area contributed by atoms with Gasteiger partial charge in [0, 0.05) is 11.8 Å². The smallest absolute Gasteiger partial charge is 0.202 e. The summed E-state index contributed by atoms with van der Waals surface area (Å²) in [7, 11) is 0. The summed E-state index contributed by atoms with van der Waals surface area (Å²) in [5, 5.41) is 0. The number of fused-ring (bicyclic) bond motifs is 5. The van der Waals surface area contributed by atoms with Crippen LogP contribution in [-0.4, -0.2) is 11.6 Å². The van der Waals surface area contributed by atoms with E-state index in [1.807, 2.05) is 0 Å². The van der Waals surface area contributed by atoms with E-state index in [0.29, 0.717) is 11.8 Å². The van der Waals surface area contributed by atoms with Gasteiger partial charge in [0.15, 0.2) is 0 Å². The molecule has 0 saturated heterocycles. The van der Waals surface area contributed by atoms with Crippen LogP contribution < -0.4 is 0 Å². The van der Waals surface area contributed by atoms with Crippen LogP contribution in [0.3, 0.4) is 0 Å². The molecule has 0 aliphatic heterocycles. The molecule has 2 heteroatoms. The van der Waals surface area contributed by atoms with Gasteiger partial charge in [-0.3, -0.25) is 9.59 Å². The summed E-state index contributed by atoms with van der Waals surface area (Å²) < 4.78 is 0. The number of ketones is 2. The highest BCUT2D eigenvalue weighted by atomic mass is 16.2. The van der Waals surface area contributed by atoms with Gasteiger partial charge in [-0.05, 0) is 31.1 Å². The molecule has 0 spiro atoms.